The zero-order chi connectivity index (χ0) is 10.1. The maximum atomic E-state index is 10.3. The zero-order valence-electron chi connectivity index (χ0n) is 6.80. The van der Waals surface area contributed by atoms with Crippen LogP contribution in [0.3, 0.4) is 0 Å². The Labute approximate surface area is 77.5 Å². The monoisotopic (exact) mass is 189 g/mol. The molecule has 0 atom stereocenters. The van der Waals surface area contributed by atoms with E-state index >= 15 is 0 Å². The highest BCUT2D eigenvalue weighted by atomic mass is 16.7. The van der Waals surface area contributed by atoms with Gasteiger partial charge in [-0.15, -0.1) is 0 Å². The summed E-state index contributed by atoms with van der Waals surface area (Å²) in [6, 6.07) is 5.92. The van der Waals surface area contributed by atoms with Crippen LogP contribution in [0.15, 0.2) is 22.6 Å². The lowest BCUT2D eigenvalue weighted by atomic mass is 10.2. The number of fused-ring (bicyclic) bond motifs is 1. The van der Waals surface area contributed by atoms with Gasteiger partial charge in [0.25, 0.3) is 0 Å². The van der Waals surface area contributed by atoms with E-state index in [1.165, 1.54) is 6.07 Å². The van der Waals surface area contributed by atoms with Gasteiger partial charge in [0.1, 0.15) is 6.07 Å². The van der Waals surface area contributed by atoms with Gasteiger partial charge in [0.2, 0.25) is 11.1 Å². The molecule has 0 unspecified atom stereocenters. The Bertz CT molecular complexity index is 552. The number of oxazole rings is 1. The molecule has 0 saturated carbocycles. The molecule has 6 heteroatoms. The standard InChI is InChI=1S/C8H3N3O3/c9-4-5-2-1-3-6-7(5)14-8(10-6)11(12)13/h1-3H. The Morgan fingerprint density at radius 3 is 3.00 bits per heavy atom. The van der Waals surface area contributed by atoms with E-state index in [0.29, 0.717) is 5.52 Å². The van der Waals surface area contributed by atoms with Gasteiger partial charge in [-0.3, -0.25) is 0 Å². The van der Waals surface area contributed by atoms with Gasteiger partial charge in [-0.1, -0.05) is 6.07 Å². The Kier molecular flexibility index (Phi) is 1.65. The van der Waals surface area contributed by atoms with Crippen LogP contribution in [0.1, 0.15) is 5.56 Å². The summed E-state index contributed by atoms with van der Waals surface area (Å²) >= 11 is 0. The fraction of sp³-hybridized carbons (Fsp3) is 0. The van der Waals surface area contributed by atoms with Crippen molar-refractivity contribution in [3.63, 3.8) is 0 Å². The smallest absolute Gasteiger partial charge is 0.380 e. The number of benzene rings is 1. The number of nitriles is 1. The van der Waals surface area contributed by atoms with Crippen molar-refractivity contribution in [3.05, 3.63) is 33.9 Å². The summed E-state index contributed by atoms with van der Waals surface area (Å²) in [6.45, 7) is 0. The molecular weight excluding hydrogens is 186 g/mol. The third kappa shape index (κ3) is 1.08. The van der Waals surface area contributed by atoms with Crippen LogP contribution in [0.2, 0.25) is 0 Å². The Morgan fingerprint density at radius 2 is 2.36 bits per heavy atom. The van der Waals surface area contributed by atoms with Crippen molar-refractivity contribution in [2.75, 3.05) is 0 Å². The summed E-state index contributed by atoms with van der Waals surface area (Å²) in [5.41, 5.74) is 0.709. The quantitative estimate of drug-likeness (QED) is 0.501. The number of rotatable bonds is 1. The van der Waals surface area contributed by atoms with E-state index in [-0.39, 0.29) is 11.1 Å². The molecule has 0 saturated heterocycles. The minimum Gasteiger partial charge on any atom is -0.380 e. The lowest BCUT2D eigenvalue weighted by Gasteiger charge is -1.84. The minimum atomic E-state index is -0.735. The molecule has 2 rings (SSSR count). The van der Waals surface area contributed by atoms with Gasteiger partial charge >= 0.3 is 6.01 Å². The minimum absolute atomic E-state index is 0.154. The molecule has 1 heterocycles. The van der Waals surface area contributed by atoms with Crippen molar-refractivity contribution in [3.8, 4) is 6.07 Å². The summed E-state index contributed by atoms with van der Waals surface area (Å²) in [6.07, 6.45) is 0. The molecule has 0 N–H and O–H groups in total. The molecular formula is C8H3N3O3. The molecule has 0 radical (unpaired) electrons. The van der Waals surface area contributed by atoms with Crippen molar-refractivity contribution in [2.24, 2.45) is 0 Å². The van der Waals surface area contributed by atoms with E-state index < -0.39 is 10.9 Å². The molecule has 2 aromatic rings. The van der Waals surface area contributed by atoms with Crippen LogP contribution in [0.25, 0.3) is 11.1 Å². The normalized spacial score (nSPS) is 9.93. The second-order valence-corrected chi connectivity index (χ2v) is 2.52. The van der Waals surface area contributed by atoms with Gasteiger partial charge in [0.15, 0.2) is 0 Å². The van der Waals surface area contributed by atoms with Gasteiger partial charge in [-0.2, -0.15) is 5.26 Å². The predicted molar refractivity (Wildman–Crippen MR) is 45.4 cm³/mol. The van der Waals surface area contributed by atoms with E-state index in [1.54, 1.807) is 12.1 Å². The zero-order valence-corrected chi connectivity index (χ0v) is 6.80. The molecule has 1 aromatic heterocycles. The number of aromatic nitrogens is 1. The second-order valence-electron chi connectivity index (χ2n) is 2.52. The summed E-state index contributed by atoms with van der Waals surface area (Å²) in [7, 11) is 0. The van der Waals surface area contributed by atoms with Crippen LogP contribution in [0, 0.1) is 21.4 Å². The molecule has 14 heavy (non-hydrogen) atoms. The molecule has 0 fully saturated rings. The van der Waals surface area contributed by atoms with Crippen LogP contribution in [-0.2, 0) is 0 Å². The topological polar surface area (TPSA) is 93.0 Å². The number of nitro groups is 1. The van der Waals surface area contributed by atoms with E-state index in [2.05, 4.69) is 4.98 Å². The molecule has 0 bridgehead atoms. The average Bonchev–Trinajstić information content (AvgIpc) is 2.60. The number of nitrogens with zero attached hydrogens (tertiary/aromatic N) is 3. The molecule has 0 amide bonds. The van der Waals surface area contributed by atoms with E-state index in [0.717, 1.165) is 0 Å². The van der Waals surface area contributed by atoms with Crippen LogP contribution >= 0.6 is 0 Å². The SMILES string of the molecule is N#Cc1cccc2nc([N+](=O)[O-])oc12. The first-order valence-electron chi connectivity index (χ1n) is 3.66. The first-order chi connectivity index (χ1) is 6.72. The van der Waals surface area contributed by atoms with Gasteiger partial charge in [0.05, 0.1) is 5.56 Å². The Balaban J connectivity index is 2.78. The van der Waals surface area contributed by atoms with Gasteiger partial charge in [0, 0.05) is 9.91 Å². The van der Waals surface area contributed by atoms with Crippen molar-refractivity contribution in [1.82, 2.24) is 4.98 Å². The average molecular weight is 189 g/mol. The maximum absolute atomic E-state index is 10.3. The first-order valence-corrected chi connectivity index (χ1v) is 3.66. The molecule has 0 spiro atoms. The predicted octanol–water partition coefficient (Wildman–Crippen LogP) is 1.61. The maximum Gasteiger partial charge on any atom is 0.546 e. The van der Waals surface area contributed by atoms with Gasteiger partial charge < -0.3 is 14.5 Å². The van der Waals surface area contributed by atoms with E-state index in [1.807, 2.05) is 6.07 Å². The van der Waals surface area contributed by atoms with Crippen molar-refractivity contribution in [1.29, 1.82) is 5.26 Å². The lowest BCUT2D eigenvalue weighted by molar-refractivity contribution is -0.406. The second kappa shape index (κ2) is 2.81. The largest absolute Gasteiger partial charge is 0.546 e. The Morgan fingerprint density at radius 1 is 1.57 bits per heavy atom. The molecule has 0 aliphatic heterocycles. The van der Waals surface area contributed by atoms with E-state index in [4.69, 9.17) is 9.68 Å². The third-order valence-corrected chi connectivity index (χ3v) is 1.68. The number of hydrogen-bond acceptors (Lipinski definition) is 5. The fourth-order valence-electron chi connectivity index (χ4n) is 1.10. The molecule has 68 valence electrons. The highest BCUT2D eigenvalue weighted by molar-refractivity contribution is 5.79. The molecule has 1 aromatic carbocycles. The van der Waals surface area contributed by atoms with Crippen LogP contribution in [0.5, 0.6) is 0 Å². The number of para-hydroxylation sites is 1. The molecule has 0 aliphatic carbocycles. The van der Waals surface area contributed by atoms with Crippen molar-refractivity contribution < 1.29 is 9.34 Å². The third-order valence-electron chi connectivity index (χ3n) is 1.68. The molecule has 0 aliphatic rings. The summed E-state index contributed by atoms with van der Waals surface area (Å²) in [5.74, 6) is 0. The molecule has 6 nitrogen and oxygen atoms in total. The van der Waals surface area contributed by atoms with Crippen LogP contribution in [0.4, 0.5) is 6.01 Å². The first kappa shape index (κ1) is 8.19. The fourth-order valence-corrected chi connectivity index (χ4v) is 1.10. The lowest BCUT2D eigenvalue weighted by Crippen LogP contribution is -1.85. The Hall–Kier alpha value is -2.42. The van der Waals surface area contributed by atoms with Crippen molar-refractivity contribution >= 4 is 17.1 Å². The van der Waals surface area contributed by atoms with Crippen molar-refractivity contribution in [2.45, 2.75) is 0 Å². The van der Waals surface area contributed by atoms with Crippen LogP contribution < -0.4 is 0 Å². The van der Waals surface area contributed by atoms with E-state index in [9.17, 15) is 10.1 Å². The van der Waals surface area contributed by atoms with Gasteiger partial charge in [-0.25, -0.2) is 0 Å². The number of hydrogen-bond donors (Lipinski definition) is 0. The van der Waals surface area contributed by atoms with Crippen LogP contribution in [-0.4, -0.2) is 9.91 Å². The highest BCUT2D eigenvalue weighted by Crippen LogP contribution is 2.22. The summed E-state index contributed by atoms with van der Waals surface area (Å²) in [4.78, 5) is 13.2. The van der Waals surface area contributed by atoms with Gasteiger partial charge in [-0.05, 0) is 12.1 Å². The summed E-state index contributed by atoms with van der Waals surface area (Å²) in [5, 5.41) is 19.0. The summed E-state index contributed by atoms with van der Waals surface area (Å²) < 4.78 is 4.82. The highest BCUT2D eigenvalue weighted by Gasteiger charge is 2.19.